The van der Waals surface area contributed by atoms with Gasteiger partial charge in [-0.3, -0.25) is 10.2 Å². The average molecular weight is 131 g/mol. The number of nitrogens with zero attached hydrogens (tertiary/aromatic N) is 1. The molecular weight excluding hydrogens is 118 g/mol. The van der Waals surface area contributed by atoms with Crippen molar-refractivity contribution in [3.05, 3.63) is 0 Å². The SMILES string of the molecule is CC(C)CN=C(N)NO. The minimum Gasteiger partial charge on any atom is -0.368 e. The Kier molecular flexibility index (Phi) is 3.79. The van der Waals surface area contributed by atoms with Crippen molar-refractivity contribution in [1.29, 1.82) is 0 Å². The summed E-state index contributed by atoms with van der Waals surface area (Å²) in [5.41, 5.74) is 6.86. The third-order valence-electron chi connectivity index (χ3n) is 0.741. The molecule has 0 amide bonds. The molecule has 54 valence electrons. The van der Waals surface area contributed by atoms with Crippen molar-refractivity contribution in [2.75, 3.05) is 6.54 Å². The van der Waals surface area contributed by atoms with Gasteiger partial charge in [0.25, 0.3) is 0 Å². The predicted molar refractivity (Wildman–Crippen MR) is 36.2 cm³/mol. The van der Waals surface area contributed by atoms with Crippen molar-refractivity contribution in [1.82, 2.24) is 5.48 Å². The molecule has 0 aliphatic rings. The molecule has 9 heavy (non-hydrogen) atoms. The van der Waals surface area contributed by atoms with Crippen molar-refractivity contribution in [3.8, 4) is 0 Å². The molecule has 0 spiro atoms. The van der Waals surface area contributed by atoms with Crippen LogP contribution in [0.25, 0.3) is 0 Å². The second kappa shape index (κ2) is 4.14. The molecule has 0 heterocycles. The molecule has 0 aliphatic heterocycles. The highest BCUT2D eigenvalue weighted by molar-refractivity contribution is 5.76. The second-order valence-electron chi connectivity index (χ2n) is 2.23. The zero-order valence-corrected chi connectivity index (χ0v) is 5.76. The number of hydroxylamine groups is 1. The molecule has 4 heteroatoms. The number of nitrogens with one attached hydrogen (secondary N) is 1. The smallest absolute Gasteiger partial charge is 0.212 e. The first-order chi connectivity index (χ1) is 4.16. The van der Waals surface area contributed by atoms with Gasteiger partial charge in [0, 0.05) is 6.54 Å². The standard InChI is InChI=1S/C5H13N3O/c1-4(2)3-7-5(6)8-9/h4,9H,3H2,1-2H3,(H3,6,7,8). The van der Waals surface area contributed by atoms with Gasteiger partial charge in [-0.1, -0.05) is 13.8 Å². The molecular formula is C5H13N3O. The lowest BCUT2D eigenvalue weighted by Crippen LogP contribution is -2.28. The first-order valence-corrected chi connectivity index (χ1v) is 2.87. The van der Waals surface area contributed by atoms with Crippen molar-refractivity contribution in [3.63, 3.8) is 0 Å². The van der Waals surface area contributed by atoms with E-state index in [-0.39, 0.29) is 5.96 Å². The average Bonchev–Trinajstić information content (AvgIpc) is 1.83. The summed E-state index contributed by atoms with van der Waals surface area (Å²) < 4.78 is 0. The maximum atomic E-state index is 8.14. The molecule has 0 saturated heterocycles. The van der Waals surface area contributed by atoms with Crippen LogP contribution in [0, 0.1) is 5.92 Å². The van der Waals surface area contributed by atoms with Crippen LogP contribution in [0.1, 0.15) is 13.8 Å². The van der Waals surface area contributed by atoms with Crippen LogP contribution in [-0.2, 0) is 0 Å². The van der Waals surface area contributed by atoms with Crippen molar-refractivity contribution >= 4 is 5.96 Å². The molecule has 0 bridgehead atoms. The summed E-state index contributed by atoms with van der Waals surface area (Å²) in [5.74, 6) is 0.542. The molecule has 4 N–H and O–H groups in total. The highest BCUT2D eigenvalue weighted by Crippen LogP contribution is 1.89. The number of aliphatic imine (C=N–C) groups is 1. The van der Waals surface area contributed by atoms with E-state index in [0.29, 0.717) is 12.5 Å². The minimum absolute atomic E-state index is 0.0729. The van der Waals surface area contributed by atoms with E-state index in [1.165, 1.54) is 0 Å². The first-order valence-electron chi connectivity index (χ1n) is 2.87. The fraction of sp³-hybridized carbons (Fsp3) is 0.800. The monoisotopic (exact) mass is 131 g/mol. The van der Waals surface area contributed by atoms with Gasteiger partial charge in [-0.15, -0.1) is 0 Å². The Morgan fingerprint density at radius 2 is 2.33 bits per heavy atom. The summed E-state index contributed by atoms with van der Waals surface area (Å²) in [4.78, 5) is 3.78. The molecule has 0 saturated carbocycles. The molecule has 0 aromatic carbocycles. The van der Waals surface area contributed by atoms with Crippen LogP contribution in [-0.4, -0.2) is 17.7 Å². The van der Waals surface area contributed by atoms with E-state index in [0.717, 1.165) is 0 Å². The van der Waals surface area contributed by atoms with Gasteiger partial charge in [0.2, 0.25) is 5.96 Å². The number of guanidine groups is 1. The fourth-order valence-electron chi connectivity index (χ4n) is 0.316. The molecule has 0 atom stereocenters. The van der Waals surface area contributed by atoms with Crippen molar-refractivity contribution in [2.24, 2.45) is 16.6 Å². The van der Waals surface area contributed by atoms with Crippen LogP contribution >= 0.6 is 0 Å². The predicted octanol–water partition coefficient (Wildman–Crippen LogP) is -0.0641. The van der Waals surface area contributed by atoms with E-state index in [9.17, 15) is 0 Å². The summed E-state index contributed by atoms with van der Waals surface area (Å²) in [5, 5.41) is 8.14. The lowest BCUT2D eigenvalue weighted by atomic mass is 10.2. The Bertz CT molecular complexity index is 100. The van der Waals surface area contributed by atoms with Crippen LogP contribution in [0.3, 0.4) is 0 Å². The highest BCUT2D eigenvalue weighted by Gasteiger charge is 1.90. The zero-order valence-electron chi connectivity index (χ0n) is 5.76. The minimum atomic E-state index is 0.0729. The maximum Gasteiger partial charge on any atom is 0.212 e. The van der Waals surface area contributed by atoms with Gasteiger partial charge in [0.15, 0.2) is 0 Å². The van der Waals surface area contributed by atoms with Gasteiger partial charge in [0.1, 0.15) is 0 Å². The van der Waals surface area contributed by atoms with Crippen LogP contribution < -0.4 is 11.2 Å². The quantitative estimate of drug-likeness (QED) is 0.279. The molecule has 0 unspecified atom stereocenters. The Hall–Kier alpha value is -0.770. The first kappa shape index (κ1) is 8.23. The van der Waals surface area contributed by atoms with E-state index < -0.39 is 0 Å². The third kappa shape index (κ3) is 5.10. The number of rotatable bonds is 2. The number of nitrogens with two attached hydrogens (primary N) is 1. The molecule has 0 rings (SSSR count). The van der Waals surface area contributed by atoms with Gasteiger partial charge in [-0.25, -0.2) is 5.48 Å². The van der Waals surface area contributed by atoms with Crippen LogP contribution in [0.4, 0.5) is 0 Å². The van der Waals surface area contributed by atoms with E-state index in [1.807, 2.05) is 13.8 Å². The summed E-state index contributed by atoms with van der Waals surface area (Å²) >= 11 is 0. The summed E-state index contributed by atoms with van der Waals surface area (Å²) in [6, 6.07) is 0. The molecule has 0 aliphatic carbocycles. The lowest BCUT2D eigenvalue weighted by molar-refractivity contribution is 0.232. The lowest BCUT2D eigenvalue weighted by Gasteiger charge is -1.99. The molecule has 0 radical (unpaired) electrons. The van der Waals surface area contributed by atoms with E-state index in [2.05, 4.69) is 4.99 Å². The topological polar surface area (TPSA) is 70.6 Å². The van der Waals surface area contributed by atoms with Gasteiger partial charge in [-0.2, -0.15) is 0 Å². The number of hydrogen-bond acceptors (Lipinski definition) is 2. The summed E-state index contributed by atoms with van der Waals surface area (Å²) in [7, 11) is 0. The van der Waals surface area contributed by atoms with Gasteiger partial charge < -0.3 is 5.73 Å². The zero-order chi connectivity index (χ0) is 7.28. The Balaban J connectivity index is 3.43. The van der Waals surface area contributed by atoms with Gasteiger partial charge >= 0.3 is 0 Å². The molecule has 4 nitrogen and oxygen atoms in total. The normalized spacial score (nSPS) is 12.2. The molecule has 0 fully saturated rings. The van der Waals surface area contributed by atoms with Crippen molar-refractivity contribution < 1.29 is 5.21 Å². The largest absolute Gasteiger partial charge is 0.368 e. The van der Waals surface area contributed by atoms with Crippen LogP contribution in [0.15, 0.2) is 4.99 Å². The Labute approximate surface area is 54.7 Å². The molecule has 0 aromatic rings. The summed E-state index contributed by atoms with van der Waals surface area (Å²) in [6.07, 6.45) is 0. The van der Waals surface area contributed by atoms with E-state index >= 15 is 0 Å². The summed E-state index contributed by atoms with van der Waals surface area (Å²) in [6.45, 7) is 4.68. The molecule has 0 aromatic heterocycles. The number of hydrogen-bond donors (Lipinski definition) is 3. The van der Waals surface area contributed by atoms with E-state index in [1.54, 1.807) is 5.48 Å². The van der Waals surface area contributed by atoms with Gasteiger partial charge in [0.05, 0.1) is 0 Å². The highest BCUT2D eigenvalue weighted by atomic mass is 16.5. The fourth-order valence-corrected chi connectivity index (χ4v) is 0.316. The third-order valence-corrected chi connectivity index (χ3v) is 0.741. The Morgan fingerprint density at radius 3 is 2.67 bits per heavy atom. The van der Waals surface area contributed by atoms with Gasteiger partial charge in [-0.05, 0) is 5.92 Å². The Morgan fingerprint density at radius 1 is 1.78 bits per heavy atom. The second-order valence-corrected chi connectivity index (χ2v) is 2.23. The maximum absolute atomic E-state index is 8.14. The van der Waals surface area contributed by atoms with Crippen LogP contribution in [0.5, 0.6) is 0 Å². The van der Waals surface area contributed by atoms with Crippen LogP contribution in [0.2, 0.25) is 0 Å². The van der Waals surface area contributed by atoms with Crippen molar-refractivity contribution in [2.45, 2.75) is 13.8 Å². The van der Waals surface area contributed by atoms with E-state index in [4.69, 9.17) is 10.9 Å².